The second-order valence-electron chi connectivity index (χ2n) is 8.16. The lowest BCUT2D eigenvalue weighted by Gasteiger charge is -2.65. The van der Waals surface area contributed by atoms with Gasteiger partial charge >= 0.3 is 0 Å². The van der Waals surface area contributed by atoms with Gasteiger partial charge in [-0.1, -0.05) is 45.4 Å². The second kappa shape index (κ2) is 6.10. The molecule has 3 aliphatic carbocycles. The predicted octanol–water partition coefficient (Wildman–Crippen LogP) is 3.45. The Labute approximate surface area is 140 Å². The number of rotatable bonds is 6. The van der Waals surface area contributed by atoms with Crippen LogP contribution in [0.1, 0.15) is 46.5 Å². The molecule has 1 aromatic carbocycles. The molecule has 0 heterocycles. The predicted molar refractivity (Wildman–Crippen MR) is 94.5 cm³/mol. The average molecular weight is 317 g/mol. The van der Waals surface area contributed by atoms with Gasteiger partial charge in [0, 0.05) is 18.8 Å². The topological polar surface area (TPSA) is 43.7 Å². The molecular weight excluding hydrogens is 286 g/mol. The van der Waals surface area contributed by atoms with Crippen LogP contribution in [0.25, 0.3) is 0 Å². The molecule has 4 atom stereocenters. The molecule has 3 fully saturated rings. The first-order valence-corrected chi connectivity index (χ1v) is 9.10. The molecule has 4 rings (SSSR count). The minimum absolute atomic E-state index is 0.140. The fourth-order valence-electron chi connectivity index (χ4n) is 4.78. The summed E-state index contributed by atoms with van der Waals surface area (Å²) in [6.07, 6.45) is 3.40. The van der Waals surface area contributed by atoms with Crippen molar-refractivity contribution in [3.05, 3.63) is 30.3 Å². The van der Waals surface area contributed by atoms with Crippen molar-refractivity contribution >= 4 is 5.69 Å². The Kier molecular flexibility index (Phi) is 4.45. The van der Waals surface area contributed by atoms with Gasteiger partial charge in [-0.3, -0.25) is 0 Å². The molecule has 0 amide bonds. The van der Waals surface area contributed by atoms with Gasteiger partial charge in [0.2, 0.25) is 0 Å². The number of fused-ring (bicyclic) bond motifs is 2. The Morgan fingerprint density at radius 3 is 2.48 bits per heavy atom. The van der Waals surface area contributed by atoms with E-state index in [0.29, 0.717) is 12.5 Å². The van der Waals surface area contributed by atoms with Crippen LogP contribution >= 0.6 is 0 Å². The molecular formula is C20H31NO2. The van der Waals surface area contributed by atoms with Gasteiger partial charge in [0.15, 0.2) is 0 Å². The maximum Gasteiger partial charge on any atom is 0.111 e. The van der Waals surface area contributed by atoms with Crippen LogP contribution in [0.15, 0.2) is 30.3 Å². The van der Waals surface area contributed by atoms with Crippen molar-refractivity contribution in [3.8, 4) is 0 Å². The molecule has 23 heavy (non-hydrogen) atoms. The van der Waals surface area contributed by atoms with E-state index in [-0.39, 0.29) is 11.3 Å². The van der Waals surface area contributed by atoms with Gasteiger partial charge in [-0.05, 0) is 48.6 Å². The average Bonchev–Trinajstić information content (AvgIpc) is 2.54. The number of benzene rings is 1. The van der Waals surface area contributed by atoms with E-state index in [1.54, 1.807) is 0 Å². The molecule has 0 unspecified atom stereocenters. The molecule has 128 valence electrons. The van der Waals surface area contributed by atoms with Crippen LogP contribution in [0.3, 0.4) is 0 Å². The van der Waals surface area contributed by atoms with Crippen LogP contribution in [0.2, 0.25) is 0 Å². The molecule has 0 aliphatic heterocycles. The van der Waals surface area contributed by atoms with E-state index in [2.05, 4.69) is 37.8 Å². The van der Waals surface area contributed by atoms with Crippen LogP contribution in [-0.4, -0.2) is 35.0 Å². The number of unbranched alkanes of at least 4 members (excludes halogenated alkanes) is 1. The number of hydrogen-bond donors (Lipinski definition) is 2. The third-order valence-corrected chi connectivity index (χ3v) is 6.51. The van der Waals surface area contributed by atoms with Crippen molar-refractivity contribution in [1.29, 1.82) is 0 Å². The van der Waals surface area contributed by atoms with Crippen molar-refractivity contribution in [2.24, 2.45) is 17.3 Å². The van der Waals surface area contributed by atoms with Gasteiger partial charge < -0.3 is 15.1 Å². The Morgan fingerprint density at radius 1 is 1.17 bits per heavy atom. The Bertz CT molecular complexity index is 530. The van der Waals surface area contributed by atoms with E-state index in [4.69, 9.17) is 0 Å². The number of aliphatic hydroxyl groups is 2. The number of anilines is 1. The van der Waals surface area contributed by atoms with E-state index in [9.17, 15) is 10.2 Å². The van der Waals surface area contributed by atoms with Crippen molar-refractivity contribution in [2.75, 3.05) is 18.0 Å². The molecule has 0 spiro atoms. The summed E-state index contributed by atoms with van der Waals surface area (Å²) in [5, 5.41) is 22.0. The normalized spacial score (nSPS) is 34.7. The van der Waals surface area contributed by atoms with E-state index in [1.165, 1.54) is 0 Å². The molecule has 3 aliphatic rings. The lowest BCUT2D eigenvalue weighted by Crippen LogP contribution is -2.70. The third kappa shape index (κ3) is 2.78. The van der Waals surface area contributed by atoms with Gasteiger partial charge in [0.05, 0.1) is 6.10 Å². The van der Waals surface area contributed by atoms with E-state index in [0.717, 1.165) is 37.9 Å². The number of aliphatic hydroxyl groups excluding tert-OH is 1. The van der Waals surface area contributed by atoms with Gasteiger partial charge in [-0.25, -0.2) is 0 Å². The summed E-state index contributed by atoms with van der Waals surface area (Å²) < 4.78 is 0. The minimum atomic E-state index is -0.998. The van der Waals surface area contributed by atoms with Crippen molar-refractivity contribution in [3.63, 3.8) is 0 Å². The molecule has 1 aromatic rings. The quantitative estimate of drug-likeness (QED) is 0.844. The zero-order valence-electron chi connectivity index (χ0n) is 14.7. The zero-order chi connectivity index (χ0) is 16.7. The van der Waals surface area contributed by atoms with Crippen molar-refractivity contribution in [1.82, 2.24) is 0 Å². The molecule has 3 heteroatoms. The first-order valence-electron chi connectivity index (χ1n) is 9.10. The SMILES string of the molecule is CCCCN(C[C@@]1(O)[C@@H]2C[C@H](C[C@@H]1O)C2(C)C)c1ccccc1. The number of hydrogen-bond acceptors (Lipinski definition) is 3. The van der Waals surface area contributed by atoms with Gasteiger partial charge in [0.25, 0.3) is 0 Å². The van der Waals surface area contributed by atoms with Crippen LogP contribution in [0, 0.1) is 17.3 Å². The highest BCUT2D eigenvalue weighted by Crippen LogP contribution is 2.62. The summed E-state index contributed by atoms with van der Waals surface area (Å²) in [7, 11) is 0. The van der Waals surface area contributed by atoms with Crippen LogP contribution in [0.4, 0.5) is 5.69 Å². The largest absolute Gasteiger partial charge is 0.390 e. The first kappa shape index (κ1) is 16.8. The minimum Gasteiger partial charge on any atom is -0.390 e. The molecule has 0 saturated heterocycles. The number of para-hydroxylation sites is 1. The highest BCUT2D eigenvalue weighted by atomic mass is 16.3. The van der Waals surface area contributed by atoms with Gasteiger partial charge in [-0.2, -0.15) is 0 Å². The molecule has 0 aromatic heterocycles. The summed E-state index contributed by atoms with van der Waals surface area (Å²) >= 11 is 0. The van der Waals surface area contributed by atoms with Crippen LogP contribution in [-0.2, 0) is 0 Å². The fourth-order valence-corrected chi connectivity index (χ4v) is 4.78. The van der Waals surface area contributed by atoms with Crippen molar-refractivity contribution < 1.29 is 10.2 Å². The summed E-state index contributed by atoms with van der Waals surface area (Å²) in [6, 6.07) is 10.3. The molecule has 3 nitrogen and oxygen atoms in total. The summed E-state index contributed by atoms with van der Waals surface area (Å²) in [5.41, 5.74) is 0.281. The summed E-state index contributed by atoms with van der Waals surface area (Å²) in [4.78, 5) is 2.27. The molecule has 2 N–H and O–H groups in total. The Morgan fingerprint density at radius 2 is 1.87 bits per heavy atom. The van der Waals surface area contributed by atoms with E-state index >= 15 is 0 Å². The maximum atomic E-state index is 11.4. The first-order chi connectivity index (χ1) is 10.9. The lowest BCUT2D eigenvalue weighted by molar-refractivity contribution is -0.248. The summed E-state index contributed by atoms with van der Waals surface area (Å²) in [5.74, 6) is 0.750. The Hall–Kier alpha value is -1.06. The van der Waals surface area contributed by atoms with E-state index < -0.39 is 11.7 Å². The molecule has 3 saturated carbocycles. The zero-order valence-corrected chi connectivity index (χ0v) is 14.7. The molecule has 2 bridgehead atoms. The van der Waals surface area contributed by atoms with Crippen LogP contribution in [0.5, 0.6) is 0 Å². The standard InChI is InChI=1S/C20H31NO2/c1-4-5-11-21(16-9-7-6-8-10-16)14-20(23)17-12-15(13-18(20)22)19(17,2)3/h6-10,15,17-18,22-23H,4-5,11-14H2,1-3H3/t15-,17-,18+,20-/m1/s1. The summed E-state index contributed by atoms with van der Waals surface area (Å²) in [6.45, 7) is 8.14. The Balaban J connectivity index is 1.83. The smallest absolute Gasteiger partial charge is 0.111 e. The van der Waals surface area contributed by atoms with Crippen LogP contribution < -0.4 is 4.90 Å². The highest BCUT2D eigenvalue weighted by molar-refractivity contribution is 5.46. The highest BCUT2D eigenvalue weighted by Gasteiger charge is 2.64. The monoisotopic (exact) mass is 317 g/mol. The van der Waals surface area contributed by atoms with E-state index in [1.807, 2.05) is 18.2 Å². The fraction of sp³-hybridized carbons (Fsp3) is 0.700. The number of nitrogens with zero attached hydrogens (tertiary/aromatic N) is 1. The van der Waals surface area contributed by atoms with Gasteiger partial charge in [-0.15, -0.1) is 0 Å². The van der Waals surface area contributed by atoms with Crippen molar-refractivity contribution in [2.45, 2.75) is 58.2 Å². The second-order valence-corrected chi connectivity index (χ2v) is 8.16. The van der Waals surface area contributed by atoms with Gasteiger partial charge in [0.1, 0.15) is 5.60 Å². The molecule has 0 radical (unpaired) electrons. The maximum absolute atomic E-state index is 11.4. The lowest BCUT2D eigenvalue weighted by atomic mass is 9.43. The third-order valence-electron chi connectivity index (χ3n) is 6.51.